The van der Waals surface area contributed by atoms with Gasteiger partial charge in [-0.05, 0) is 56.1 Å². The average molecular weight is 446 g/mol. The molecule has 1 aliphatic rings. The summed E-state index contributed by atoms with van der Waals surface area (Å²) in [6, 6.07) is 23.7. The molecule has 1 fully saturated rings. The van der Waals surface area contributed by atoms with Crippen molar-refractivity contribution in [3.8, 4) is 5.75 Å². The van der Waals surface area contributed by atoms with Crippen molar-refractivity contribution in [2.75, 3.05) is 46.9 Å². The van der Waals surface area contributed by atoms with Gasteiger partial charge in [0.1, 0.15) is 18.5 Å². The minimum atomic E-state index is -0.230. The Morgan fingerprint density at radius 1 is 1.06 bits per heavy atom. The molecule has 1 atom stereocenters. The van der Waals surface area contributed by atoms with E-state index in [1.165, 1.54) is 5.56 Å². The maximum absolute atomic E-state index is 13.1. The van der Waals surface area contributed by atoms with Crippen LogP contribution >= 0.6 is 0 Å². The number of rotatable bonds is 8. The number of carbonyl (C=O) groups excluding carboxylic acids is 1. The molecule has 4 rings (SSSR count). The second kappa shape index (κ2) is 11.1. The van der Waals surface area contributed by atoms with Crippen molar-refractivity contribution in [1.29, 1.82) is 0 Å². The minimum absolute atomic E-state index is 0.00332. The molecule has 172 valence electrons. The van der Waals surface area contributed by atoms with Gasteiger partial charge in [-0.15, -0.1) is 0 Å². The summed E-state index contributed by atoms with van der Waals surface area (Å²) >= 11 is 0. The quantitative estimate of drug-likeness (QED) is 0.528. The van der Waals surface area contributed by atoms with Crippen LogP contribution in [0.2, 0.25) is 0 Å². The zero-order valence-electron chi connectivity index (χ0n) is 19.3. The number of pyridine rings is 1. The third-order valence-electron chi connectivity index (χ3n) is 5.65. The molecule has 0 saturated carbocycles. The summed E-state index contributed by atoms with van der Waals surface area (Å²) < 4.78 is 11.7. The summed E-state index contributed by atoms with van der Waals surface area (Å²) in [4.78, 5) is 21.8. The van der Waals surface area contributed by atoms with Crippen LogP contribution in [0, 0.1) is 0 Å². The monoisotopic (exact) mass is 445 g/mol. The van der Waals surface area contributed by atoms with E-state index in [2.05, 4.69) is 17.0 Å². The van der Waals surface area contributed by atoms with Gasteiger partial charge in [-0.2, -0.15) is 0 Å². The number of carbonyl (C=O) groups is 1. The van der Waals surface area contributed by atoms with E-state index >= 15 is 0 Å². The highest BCUT2D eigenvalue weighted by Crippen LogP contribution is 2.23. The maximum atomic E-state index is 13.1. The second-order valence-corrected chi connectivity index (χ2v) is 8.50. The summed E-state index contributed by atoms with van der Waals surface area (Å²) in [6.45, 7) is 3.01. The van der Waals surface area contributed by atoms with E-state index in [1.54, 1.807) is 0 Å². The Morgan fingerprint density at radius 2 is 1.85 bits per heavy atom. The third kappa shape index (κ3) is 6.40. The van der Waals surface area contributed by atoms with Crippen LogP contribution in [0.3, 0.4) is 0 Å². The number of aromatic nitrogens is 1. The molecule has 6 nitrogen and oxygen atoms in total. The first-order valence-electron chi connectivity index (χ1n) is 11.4. The fourth-order valence-electron chi connectivity index (χ4n) is 3.82. The Labute approximate surface area is 195 Å². The molecule has 1 aromatic heterocycles. The lowest BCUT2D eigenvalue weighted by Crippen LogP contribution is -2.42. The van der Waals surface area contributed by atoms with E-state index in [4.69, 9.17) is 14.5 Å². The van der Waals surface area contributed by atoms with Crippen molar-refractivity contribution in [2.24, 2.45) is 0 Å². The van der Waals surface area contributed by atoms with Crippen LogP contribution in [-0.4, -0.2) is 67.6 Å². The molecule has 2 heterocycles. The number of hydrogen-bond acceptors (Lipinski definition) is 5. The molecule has 1 aliphatic heterocycles. The molecule has 33 heavy (non-hydrogen) atoms. The smallest absolute Gasteiger partial charge is 0.254 e. The molecule has 1 amide bonds. The van der Waals surface area contributed by atoms with Crippen molar-refractivity contribution in [3.63, 3.8) is 0 Å². The number of nitrogens with zero attached hydrogens (tertiary/aromatic N) is 3. The highest BCUT2D eigenvalue weighted by atomic mass is 16.5. The molecular weight excluding hydrogens is 414 g/mol. The van der Waals surface area contributed by atoms with Gasteiger partial charge in [0.2, 0.25) is 0 Å². The van der Waals surface area contributed by atoms with Gasteiger partial charge in [0.25, 0.3) is 5.91 Å². The fourth-order valence-corrected chi connectivity index (χ4v) is 3.82. The normalized spacial score (nSPS) is 16.1. The van der Waals surface area contributed by atoms with E-state index in [1.807, 2.05) is 79.7 Å². The highest BCUT2D eigenvalue weighted by molar-refractivity contribution is 5.94. The van der Waals surface area contributed by atoms with Crippen molar-refractivity contribution in [1.82, 2.24) is 14.8 Å². The number of benzene rings is 2. The molecule has 2 aromatic carbocycles. The number of hydrogen-bond donors (Lipinski definition) is 0. The van der Waals surface area contributed by atoms with Crippen LogP contribution < -0.4 is 4.74 Å². The lowest BCUT2D eigenvalue weighted by molar-refractivity contribution is -0.0247. The fraction of sp³-hybridized carbons (Fsp3) is 0.333. The Kier molecular flexibility index (Phi) is 7.70. The van der Waals surface area contributed by atoms with E-state index in [0.29, 0.717) is 31.9 Å². The van der Waals surface area contributed by atoms with Crippen molar-refractivity contribution in [3.05, 3.63) is 95.3 Å². The van der Waals surface area contributed by atoms with Gasteiger partial charge in [0.05, 0.1) is 18.8 Å². The Hall–Kier alpha value is -3.22. The first kappa shape index (κ1) is 23.0. The molecule has 0 unspecified atom stereocenters. The lowest BCUT2D eigenvalue weighted by Gasteiger charge is -2.33. The Morgan fingerprint density at radius 3 is 2.61 bits per heavy atom. The van der Waals surface area contributed by atoms with Crippen molar-refractivity contribution < 1.29 is 14.3 Å². The van der Waals surface area contributed by atoms with Crippen LogP contribution in [0.15, 0.2) is 72.8 Å². The molecule has 0 spiro atoms. The number of morpholine rings is 1. The summed E-state index contributed by atoms with van der Waals surface area (Å²) in [5, 5.41) is 0. The van der Waals surface area contributed by atoms with Gasteiger partial charge in [0, 0.05) is 30.8 Å². The molecular formula is C27H31N3O3. The summed E-state index contributed by atoms with van der Waals surface area (Å²) in [7, 11) is 4.02. The topological polar surface area (TPSA) is 54.9 Å². The van der Waals surface area contributed by atoms with Gasteiger partial charge in [-0.3, -0.25) is 9.78 Å². The number of ether oxygens (including phenoxy) is 2. The Bertz CT molecular complexity index is 1040. The van der Waals surface area contributed by atoms with Gasteiger partial charge in [-0.25, -0.2) is 0 Å². The van der Waals surface area contributed by atoms with Gasteiger partial charge in [0.15, 0.2) is 0 Å². The molecule has 0 N–H and O–H groups in total. The van der Waals surface area contributed by atoms with E-state index < -0.39 is 0 Å². The minimum Gasteiger partial charge on any atom is -0.492 e. The number of likely N-dealkylation sites (N-methyl/N-ethyl adjacent to an activating group) is 1. The van der Waals surface area contributed by atoms with Crippen molar-refractivity contribution in [2.45, 2.75) is 12.5 Å². The molecule has 0 radical (unpaired) electrons. The predicted octanol–water partition coefficient (Wildman–Crippen LogP) is 3.83. The highest BCUT2D eigenvalue weighted by Gasteiger charge is 2.27. The van der Waals surface area contributed by atoms with Gasteiger partial charge >= 0.3 is 0 Å². The molecule has 0 bridgehead atoms. The molecule has 3 aromatic rings. The molecule has 6 heteroatoms. The molecule has 0 aliphatic carbocycles. The van der Waals surface area contributed by atoms with Crippen LogP contribution in [0.1, 0.15) is 33.4 Å². The summed E-state index contributed by atoms with van der Waals surface area (Å²) in [5.74, 6) is 0.774. The van der Waals surface area contributed by atoms with E-state index in [9.17, 15) is 4.79 Å². The standard InChI is InChI=1S/C27H31N3O3/c1-29(2)15-17-32-24-13-11-22(12-14-24)27(31)30-16-18-33-26(20-30)25-10-6-9-23(28-25)19-21-7-4-3-5-8-21/h3-14,26H,15-20H2,1-2H3/t26-/m0/s1. The summed E-state index contributed by atoms with van der Waals surface area (Å²) in [6.07, 6.45) is 0.541. The zero-order valence-corrected chi connectivity index (χ0v) is 19.3. The lowest BCUT2D eigenvalue weighted by atomic mass is 10.1. The van der Waals surface area contributed by atoms with E-state index in [0.717, 1.165) is 30.1 Å². The SMILES string of the molecule is CN(C)CCOc1ccc(C(=O)N2CCO[C@H](c3cccc(Cc4ccccc4)n3)C2)cc1. The average Bonchev–Trinajstić information content (AvgIpc) is 2.85. The summed E-state index contributed by atoms with van der Waals surface area (Å²) in [5.41, 5.74) is 3.74. The first-order valence-corrected chi connectivity index (χ1v) is 11.4. The number of amides is 1. The zero-order chi connectivity index (χ0) is 23.0. The first-order chi connectivity index (χ1) is 16.1. The largest absolute Gasteiger partial charge is 0.492 e. The maximum Gasteiger partial charge on any atom is 0.254 e. The Balaban J connectivity index is 1.38. The van der Waals surface area contributed by atoms with E-state index in [-0.39, 0.29) is 12.0 Å². The third-order valence-corrected chi connectivity index (χ3v) is 5.65. The predicted molar refractivity (Wildman–Crippen MR) is 129 cm³/mol. The van der Waals surface area contributed by atoms with Crippen molar-refractivity contribution >= 4 is 5.91 Å². The van der Waals surface area contributed by atoms with Crippen LogP contribution in [0.5, 0.6) is 5.75 Å². The van der Waals surface area contributed by atoms with Crippen LogP contribution in [0.25, 0.3) is 0 Å². The van der Waals surface area contributed by atoms with Crippen LogP contribution in [0.4, 0.5) is 0 Å². The van der Waals surface area contributed by atoms with Gasteiger partial charge in [-0.1, -0.05) is 36.4 Å². The second-order valence-electron chi connectivity index (χ2n) is 8.50. The van der Waals surface area contributed by atoms with Crippen LogP contribution in [-0.2, 0) is 11.2 Å². The molecule has 1 saturated heterocycles. The van der Waals surface area contributed by atoms with Gasteiger partial charge < -0.3 is 19.3 Å².